The molecule has 0 spiro atoms. The normalized spacial score (nSPS) is 21.5. The first-order valence-electron chi connectivity index (χ1n) is 9.74. The fourth-order valence-electron chi connectivity index (χ4n) is 3.08. The monoisotopic (exact) mass is 330 g/mol. The summed E-state index contributed by atoms with van der Waals surface area (Å²) in [5.74, 6) is 0.972. The van der Waals surface area contributed by atoms with Crippen LogP contribution in [-0.4, -0.2) is 29.0 Å². The molecule has 22 heavy (non-hydrogen) atoms. The van der Waals surface area contributed by atoms with Crippen molar-refractivity contribution in [3.8, 4) is 0 Å². The molecular formula is C19H38O2S. The van der Waals surface area contributed by atoms with Gasteiger partial charge in [0.05, 0.1) is 12.7 Å². The minimum absolute atomic E-state index is 0.0944. The van der Waals surface area contributed by atoms with Crippen LogP contribution in [0.4, 0.5) is 0 Å². The molecular weight excluding hydrogens is 292 g/mol. The van der Waals surface area contributed by atoms with E-state index in [0.29, 0.717) is 5.44 Å². The second-order valence-electron chi connectivity index (χ2n) is 6.73. The van der Waals surface area contributed by atoms with Crippen molar-refractivity contribution >= 4 is 11.8 Å². The zero-order chi connectivity index (χ0) is 15.9. The van der Waals surface area contributed by atoms with Gasteiger partial charge in [-0.2, -0.15) is 0 Å². The highest BCUT2D eigenvalue weighted by atomic mass is 32.2. The zero-order valence-electron chi connectivity index (χ0n) is 14.7. The summed E-state index contributed by atoms with van der Waals surface area (Å²) >= 11 is 1.88. The number of hydrogen-bond acceptors (Lipinski definition) is 3. The van der Waals surface area contributed by atoms with Crippen molar-refractivity contribution in [2.24, 2.45) is 0 Å². The van der Waals surface area contributed by atoms with Crippen LogP contribution in [0.2, 0.25) is 0 Å². The SMILES string of the molecule is CCCCCCCCCCCCCCC[C@H]1O[C@@H](CO)CS1. The van der Waals surface area contributed by atoms with Gasteiger partial charge in [-0.05, 0) is 12.8 Å². The van der Waals surface area contributed by atoms with E-state index in [-0.39, 0.29) is 12.7 Å². The third-order valence-electron chi connectivity index (χ3n) is 4.56. The Morgan fingerprint density at radius 1 is 0.818 bits per heavy atom. The van der Waals surface area contributed by atoms with Gasteiger partial charge in [0, 0.05) is 5.75 Å². The average Bonchev–Trinajstić information content (AvgIpc) is 3.00. The molecule has 0 amide bonds. The summed E-state index contributed by atoms with van der Waals surface area (Å²) in [6, 6.07) is 0. The van der Waals surface area contributed by atoms with Crippen molar-refractivity contribution in [3.63, 3.8) is 0 Å². The largest absolute Gasteiger partial charge is 0.394 e. The fourth-order valence-corrected chi connectivity index (χ4v) is 4.27. The molecule has 1 aliphatic heterocycles. The molecule has 2 nitrogen and oxygen atoms in total. The summed E-state index contributed by atoms with van der Waals surface area (Å²) in [5.41, 5.74) is 0.352. The number of unbranched alkanes of at least 4 members (excludes halogenated alkanes) is 12. The van der Waals surface area contributed by atoms with Gasteiger partial charge in [-0.25, -0.2) is 0 Å². The standard InChI is InChI=1S/C19H38O2S/c1-2-3-4-5-6-7-8-9-10-11-12-13-14-15-19-21-18(16-20)17-22-19/h18-20H,2-17H2,1H3/t18-,19-/m0/s1. The maximum Gasteiger partial charge on any atom is 0.103 e. The molecule has 1 rings (SSSR count). The van der Waals surface area contributed by atoms with Crippen LogP contribution in [0.3, 0.4) is 0 Å². The Bertz CT molecular complexity index is 235. The Kier molecular flexibility index (Phi) is 13.7. The molecule has 1 N–H and O–H groups in total. The van der Waals surface area contributed by atoms with E-state index in [1.165, 1.54) is 89.9 Å². The minimum atomic E-state index is 0.0944. The highest BCUT2D eigenvalue weighted by Gasteiger charge is 2.24. The fraction of sp³-hybridized carbons (Fsp3) is 1.00. The van der Waals surface area contributed by atoms with E-state index in [2.05, 4.69) is 6.92 Å². The predicted octanol–water partition coefficient (Wildman–Crippen LogP) is 5.92. The Labute approximate surface area is 142 Å². The minimum Gasteiger partial charge on any atom is -0.394 e. The van der Waals surface area contributed by atoms with Crippen LogP contribution < -0.4 is 0 Å². The molecule has 0 unspecified atom stereocenters. The summed E-state index contributed by atoms with van der Waals surface area (Å²) in [6.45, 7) is 2.47. The van der Waals surface area contributed by atoms with Crippen LogP contribution >= 0.6 is 11.8 Å². The number of rotatable bonds is 15. The van der Waals surface area contributed by atoms with E-state index >= 15 is 0 Å². The smallest absolute Gasteiger partial charge is 0.103 e. The molecule has 132 valence electrons. The van der Waals surface area contributed by atoms with Gasteiger partial charge in [0.25, 0.3) is 0 Å². The molecule has 1 saturated heterocycles. The van der Waals surface area contributed by atoms with Gasteiger partial charge in [0.2, 0.25) is 0 Å². The summed E-state index contributed by atoms with van der Waals surface area (Å²) < 4.78 is 5.73. The van der Waals surface area contributed by atoms with E-state index in [1.54, 1.807) is 0 Å². The van der Waals surface area contributed by atoms with Gasteiger partial charge < -0.3 is 9.84 Å². The van der Waals surface area contributed by atoms with Crippen LogP contribution in [0, 0.1) is 0 Å². The topological polar surface area (TPSA) is 29.5 Å². The Morgan fingerprint density at radius 3 is 1.77 bits per heavy atom. The molecule has 1 fully saturated rings. The van der Waals surface area contributed by atoms with Gasteiger partial charge in [-0.3, -0.25) is 0 Å². The Balaban J connectivity index is 1.72. The molecule has 0 aromatic rings. The molecule has 3 heteroatoms. The molecule has 0 aliphatic carbocycles. The lowest BCUT2D eigenvalue weighted by molar-refractivity contribution is 0.0234. The Morgan fingerprint density at radius 2 is 1.32 bits per heavy atom. The van der Waals surface area contributed by atoms with Crippen molar-refractivity contribution in [1.82, 2.24) is 0 Å². The first kappa shape index (κ1) is 20.3. The maximum absolute atomic E-state index is 9.03. The van der Waals surface area contributed by atoms with Crippen molar-refractivity contribution in [2.75, 3.05) is 12.4 Å². The third kappa shape index (κ3) is 10.9. The summed E-state index contributed by atoms with van der Waals surface area (Å²) in [7, 11) is 0. The van der Waals surface area contributed by atoms with Crippen LogP contribution in [-0.2, 0) is 4.74 Å². The Hall–Kier alpha value is 0.270. The predicted molar refractivity (Wildman–Crippen MR) is 98.5 cm³/mol. The van der Waals surface area contributed by atoms with Crippen LogP contribution in [0.5, 0.6) is 0 Å². The van der Waals surface area contributed by atoms with Crippen molar-refractivity contribution < 1.29 is 9.84 Å². The second-order valence-corrected chi connectivity index (χ2v) is 7.93. The first-order chi connectivity index (χ1) is 10.9. The quantitative estimate of drug-likeness (QED) is 0.378. The van der Waals surface area contributed by atoms with Gasteiger partial charge in [0.15, 0.2) is 0 Å². The van der Waals surface area contributed by atoms with Gasteiger partial charge in [-0.1, -0.05) is 84.0 Å². The maximum atomic E-state index is 9.03. The summed E-state index contributed by atoms with van der Waals surface area (Å²) in [4.78, 5) is 0. The lowest BCUT2D eigenvalue weighted by Crippen LogP contribution is -2.16. The van der Waals surface area contributed by atoms with Crippen molar-refractivity contribution in [2.45, 2.75) is 108 Å². The van der Waals surface area contributed by atoms with Gasteiger partial charge >= 0.3 is 0 Å². The molecule has 0 radical (unpaired) electrons. The van der Waals surface area contributed by atoms with E-state index in [0.717, 1.165) is 5.75 Å². The molecule has 0 aromatic carbocycles. The van der Waals surface area contributed by atoms with Crippen molar-refractivity contribution in [3.05, 3.63) is 0 Å². The molecule has 0 bridgehead atoms. The van der Waals surface area contributed by atoms with E-state index in [4.69, 9.17) is 9.84 Å². The number of thioether (sulfide) groups is 1. The van der Waals surface area contributed by atoms with E-state index in [1.807, 2.05) is 11.8 Å². The number of hydrogen-bond donors (Lipinski definition) is 1. The van der Waals surface area contributed by atoms with E-state index < -0.39 is 0 Å². The van der Waals surface area contributed by atoms with Gasteiger partial charge in [0.1, 0.15) is 5.44 Å². The van der Waals surface area contributed by atoms with Crippen molar-refractivity contribution in [1.29, 1.82) is 0 Å². The highest BCUT2D eigenvalue weighted by molar-refractivity contribution is 8.00. The molecule has 0 aromatic heterocycles. The lowest BCUT2D eigenvalue weighted by Gasteiger charge is -2.10. The molecule has 1 heterocycles. The van der Waals surface area contributed by atoms with Gasteiger partial charge in [-0.15, -0.1) is 11.8 Å². The first-order valence-corrected chi connectivity index (χ1v) is 10.8. The number of aliphatic hydroxyl groups is 1. The summed E-state index contributed by atoms with van der Waals surface area (Å²) in [6.07, 6.45) is 19.6. The molecule has 1 aliphatic rings. The number of aliphatic hydroxyl groups excluding tert-OH is 1. The number of ether oxygens (including phenoxy) is 1. The highest BCUT2D eigenvalue weighted by Crippen LogP contribution is 2.29. The lowest BCUT2D eigenvalue weighted by atomic mass is 10.0. The molecule has 2 atom stereocenters. The summed E-state index contributed by atoms with van der Waals surface area (Å²) in [5, 5.41) is 9.03. The average molecular weight is 331 g/mol. The zero-order valence-corrected chi connectivity index (χ0v) is 15.5. The molecule has 0 saturated carbocycles. The third-order valence-corrected chi connectivity index (χ3v) is 5.84. The second kappa shape index (κ2) is 14.8. The van der Waals surface area contributed by atoms with Crippen LogP contribution in [0.25, 0.3) is 0 Å². The van der Waals surface area contributed by atoms with E-state index in [9.17, 15) is 0 Å². The van der Waals surface area contributed by atoms with Crippen LogP contribution in [0.15, 0.2) is 0 Å². The van der Waals surface area contributed by atoms with Crippen LogP contribution in [0.1, 0.15) is 96.8 Å².